The summed E-state index contributed by atoms with van der Waals surface area (Å²) in [6, 6.07) is 9.64. The molecule has 0 fully saturated rings. The summed E-state index contributed by atoms with van der Waals surface area (Å²) in [5.41, 5.74) is 6.56. The average Bonchev–Trinajstić information content (AvgIpc) is 3.06. The van der Waals surface area contributed by atoms with Gasteiger partial charge in [0.1, 0.15) is 11.0 Å². The second-order valence-electron chi connectivity index (χ2n) is 8.70. The number of amides is 1. The highest BCUT2D eigenvalue weighted by atomic mass is 35.5. The quantitative estimate of drug-likeness (QED) is 0.480. The SMILES string of the molecule is CCCCN(C(=O)c1c(C)nn(Cc2ccccc2)c1Cl)c1c(N)n(CC(C)C)c(=O)[nH]c1=O. The molecule has 34 heavy (non-hydrogen) atoms. The van der Waals surface area contributed by atoms with E-state index in [0.717, 1.165) is 12.0 Å². The molecule has 9 nitrogen and oxygen atoms in total. The zero-order valence-corrected chi connectivity index (χ0v) is 20.7. The molecule has 0 aliphatic heterocycles. The number of nitrogens with one attached hydrogen (secondary N) is 1. The van der Waals surface area contributed by atoms with Gasteiger partial charge in [-0.2, -0.15) is 5.10 Å². The molecule has 2 heterocycles. The summed E-state index contributed by atoms with van der Waals surface area (Å²) in [7, 11) is 0. The van der Waals surface area contributed by atoms with Crippen LogP contribution < -0.4 is 21.9 Å². The van der Waals surface area contributed by atoms with Gasteiger partial charge < -0.3 is 10.6 Å². The molecular weight excluding hydrogens is 456 g/mol. The number of carbonyl (C=O) groups is 1. The van der Waals surface area contributed by atoms with E-state index in [2.05, 4.69) is 10.1 Å². The highest BCUT2D eigenvalue weighted by Crippen LogP contribution is 2.27. The molecule has 0 bridgehead atoms. The van der Waals surface area contributed by atoms with Crippen LogP contribution in [0, 0.1) is 12.8 Å². The summed E-state index contributed by atoms with van der Waals surface area (Å²) in [5, 5.41) is 4.64. The predicted molar refractivity (Wildman–Crippen MR) is 135 cm³/mol. The van der Waals surface area contributed by atoms with Crippen molar-refractivity contribution in [3.05, 3.63) is 73.1 Å². The first-order chi connectivity index (χ1) is 16.1. The summed E-state index contributed by atoms with van der Waals surface area (Å²) in [6.07, 6.45) is 1.41. The fourth-order valence-corrected chi connectivity index (χ4v) is 4.12. The summed E-state index contributed by atoms with van der Waals surface area (Å²) in [6.45, 7) is 8.48. The molecule has 0 aliphatic rings. The van der Waals surface area contributed by atoms with Gasteiger partial charge >= 0.3 is 5.69 Å². The summed E-state index contributed by atoms with van der Waals surface area (Å²) in [4.78, 5) is 42.7. The monoisotopic (exact) mass is 486 g/mol. The lowest BCUT2D eigenvalue weighted by molar-refractivity contribution is 0.0985. The first kappa shape index (κ1) is 25.3. The minimum Gasteiger partial charge on any atom is -0.383 e. The third-order valence-corrected chi connectivity index (χ3v) is 5.85. The second kappa shape index (κ2) is 10.7. The van der Waals surface area contributed by atoms with Crippen molar-refractivity contribution in [2.75, 3.05) is 17.2 Å². The van der Waals surface area contributed by atoms with Crippen molar-refractivity contribution in [2.45, 2.75) is 53.6 Å². The summed E-state index contributed by atoms with van der Waals surface area (Å²) < 4.78 is 2.85. The van der Waals surface area contributed by atoms with Crippen LogP contribution in [0.15, 0.2) is 39.9 Å². The van der Waals surface area contributed by atoms with E-state index in [1.165, 1.54) is 9.47 Å². The molecule has 0 radical (unpaired) electrons. The number of aromatic nitrogens is 4. The number of unbranched alkanes of at least 4 members (excludes halogenated alkanes) is 1. The second-order valence-corrected chi connectivity index (χ2v) is 9.06. The molecule has 182 valence electrons. The Bertz CT molecular complexity index is 1280. The zero-order valence-electron chi connectivity index (χ0n) is 20.0. The molecule has 0 atom stereocenters. The maximum Gasteiger partial charge on any atom is 0.330 e. The molecule has 3 rings (SSSR count). The Balaban J connectivity index is 2.09. The Morgan fingerprint density at radius 3 is 2.53 bits per heavy atom. The van der Waals surface area contributed by atoms with E-state index in [0.29, 0.717) is 25.2 Å². The van der Waals surface area contributed by atoms with Crippen LogP contribution in [0.25, 0.3) is 0 Å². The number of carbonyl (C=O) groups excluding carboxylic acids is 1. The molecule has 1 amide bonds. The van der Waals surface area contributed by atoms with E-state index >= 15 is 0 Å². The summed E-state index contributed by atoms with van der Waals surface area (Å²) >= 11 is 6.63. The van der Waals surface area contributed by atoms with Crippen molar-refractivity contribution >= 4 is 29.0 Å². The molecule has 3 N–H and O–H groups in total. The number of nitrogens with two attached hydrogens (primary N) is 1. The Hall–Kier alpha value is -3.33. The van der Waals surface area contributed by atoms with Gasteiger partial charge in [-0.1, -0.05) is 69.1 Å². The molecule has 2 aromatic heterocycles. The van der Waals surface area contributed by atoms with E-state index in [4.69, 9.17) is 17.3 Å². The first-order valence-electron chi connectivity index (χ1n) is 11.4. The van der Waals surface area contributed by atoms with E-state index in [1.807, 2.05) is 51.1 Å². The molecule has 3 aromatic rings. The number of hydrogen-bond donors (Lipinski definition) is 2. The fourth-order valence-electron chi connectivity index (χ4n) is 3.81. The van der Waals surface area contributed by atoms with Gasteiger partial charge in [-0.25, -0.2) is 9.48 Å². The lowest BCUT2D eigenvalue weighted by atomic mass is 10.2. The number of H-pyrrole nitrogens is 1. The van der Waals surface area contributed by atoms with Gasteiger partial charge in [0.15, 0.2) is 5.69 Å². The Morgan fingerprint density at radius 1 is 1.24 bits per heavy atom. The number of nitrogens with zero attached hydrogens (tertiary/aromatic N) is 4. The number of aromatic amines is 1. The van der Waals surface area contributed by atoms with E-state index in [9.17, 15) is 14.4 Å². The van der Waals surface area contributed by atoms with Crippen LogP contribution in [0.5, 0.6) is 0 Å². The lowest BCUT2D eigenvalue weighted by Gasteiger charge is -2.25. The third-order valence-electron chi connectivity index (χ3n) is 5.47. The number of rotatable bonds is 9. The molecule has 0 aliphatic carbocycles. The minimum absolute atomic E-state index is 0.0441. The van der Waals surface area contributed by atoms with Gasteiger partial charge in [-0.3, -0.25) is 19.1 Å². The van der Waals surface area contributed by atoms with Gasteiger partial charge in [-0.05, 0) is 24.8 Å². The van der Waals surface area contributed by atoms with Crippen molar-refractivity contribution in [1.29, 1.82) is 0 Å². The van der Waals surface area contributed by atoms with Crippen LogP contribution in [0.4, 0.5) is 11.5 Å². The molecular formula is C24H31ClN6O3. The number of halogens is 1. The molecule has 10 heteroatoms. The minimum atomic E-state index is -0.711. The largest absolute Gasteiger partial charge is 0.383 e. The van der Waals surface area contributed by atoms with E-state index in [1.54, 1.807) is 11.6 Å². The highest BCUT2D eigenvalue weighted by Gasteiger charge is 2.30. The van der Waals surface area contributed by atoms with E-state index in [-0.39, 0.29) is 34.7 Å². The van der Waals surface area contributed by atoms with Gasteiger partial charge in [0.25, 0.3) is 11.5 Å². The van der Waals surface area contributed by atoms with Crippen molar-refractivity contribution in [2.24, 2.45) is 5.92 Å². The highest BCUT2D eigenvalue weighted by molar-refractivity contribution is 6.34. The van der Waals surface area contributed by atoms with Gasteiger partial charge in [0.2, 0.25) is 0 Å². The number of aryl methyl sites for hydroxylation is 1. The van der Waals surface area contributed by atoms with Crippen LogP contribution in [0.1, 0.15) is 55.2 Å². The maximum absolute atomic E-state index is 13.8. The zero-order chi connectivity index (χ0) is 25.0. The van der Waals surface area contributed by atoms with Crippen molar-refractivity contribution in [3.63, 3.8) is 0 Å². The van der Waals surface area contributed by atoms with Gasteiger partial charge in [0.05, 0.1) is 17.8 Å². The number of nitrogen functional groups attached to an aromatic ring is 1. The predicted octanol–water partition coefficient (Wildman–Crippen LogP) is 3.43. The van der Waals surface area contributed by atoms with Crippen LogP contribution in [-0.4, -0.2) is 31.8 Å². The molecule has 0 saturated heterocycles. The van der Waals surface area contributed by atoms with Crippen LogP contribution in [0.2, 0.25) is 5.15 Å². The first-order valence-corrected chi connectivity index (χ1v) is 11.7. The van der Waals surface area contributed by atoms with Crippen molar-refractivity contribution in [1.82, 2.24) is 19.3 Å². The van der Waals surface area contributed by atoms with Crippen LogP contribution in [0.3, 0.4) is 0 Å². The van der Waals surface area contributed by atoms with E-state index < -0.39 is 17.2 Å². The smallest absolute Gasteiger partial charge is 0.330 e. The Labute approximate surface area is 203 Å². The fraction of sp³-hybridized carbons (Fsp3) is 0.417. The average molecular weight is 487 g/mol. The molecule has 0 saturated carbocycles. The lowest BCUT2D eigenvalue weighted by Crippen LogP contribution is -2.42. The topological polar surface area (TPSA) is 119 Å². The maximum atomic E-state index is 13.8. The number of benzene rings is 1. The summed E-state index contributed by atoms with van der Waals surface area (Å²) in [5.74, 6) is -0.425. The molecule has 0 spiro atoms. The Morgan fingerprint density at radius 2 is 1.91 bits per heavy atom. The molecule has 1 aromatic carbocycles. The van der Waals surface area contributed by atoms with Gasteiger partial charge in [-0.15, -0.1) is 0 Å². The van der Waals surface area contributed by atoms with Crippen molar-refractivity contribution < 1.29 is 4.79 Å². The molecule has 0 unspecified atom stereocenters. The normalized spacial score (nSPS) is 11.2. The van der Waals surface area contributed by atoms with Crippen LogP contribution in [-0.2, 0) is 13.1 Å². The van der Waals surface area contributed by atoms with Crippen LogP contribution >= 0.6 is 11.6 Å². The van der Waals surface area contributed by atoms with Gasteiger partial charge in [0, 0.05) is 13.1 Å². The Kier molecular flexibility index (Phi) is 7.98. The van der Waals surface area contributed by atoms with Crippen molar-refractivity contribution in [3.8, 4) is 0 Å². The standard InChI is InChI=1S/C24H31ClN6O3/c1-5-6-12-29(19-21(26)30(13-15(2)3)24(34)27-22(19)32)23(33)18-16(4)28-31(20(18)25)14-17-10-8-7-9-11-17/h7-11,15H,5-6,12-14,26H2,1-4H3,(H,27,32,34). The number of anilines is 2. The third kappa shape index (κ3) is 5.25. The number of hydrogen-bond acceptors (Lipinski definition) is 5.